The van der Waals surface area contributed by atoms with Crippen LogP contribution in [-0.4, -0.2) is 30.6 Å². The molecule has 0 aliphatic rings. The molecule has 0 saturated heterocycles. The van der Waals surface area contributed by atoms with E-state index in [2.05, 4.69) is 16.7 Å². The number of nitrogens with zero attached hydrogens (tertiary/aromatic N) is 1. The molecule has 2 aromatic rings. The molecule has 0 bridgehead atoms. The molecule has 0 fully saturated rings. The summed E-state index contributed by atoms with van der Waals surface area (Å²) in [4.78, 5) is 2.07. The molecule has 114 valence electrons. The van der Waals surface area contributed by atoms with E-state index in [0.717, 1.165) is 17.7 Å². The Morgan fingerprint density at radius 2 is 1.55 bits per heavy atom. The molecule has 1 N–H and O–H groups in total. The first-order chi connectivity index (χ1) is 10.5. The highest BCUT2D eigenvalue weighted by Gasteiger charge is 2.34. The Morgan fingerprint density at radius 3 is 2.09 bits per heavy atom. The van der Waals surface area contributed by atoms with E-state index in [1.165, 1.54) is 0 Å². The van der Waals surface area contributed by atoms with E-state index in [1.54, 1.807) is 0 Å². The van der Waals surface area contributed by atoms with Crippen molar-refractivity contribution in [3.63, 3.8) is 0 Å². The van der Waals surface area contributed by atoms with E-state index in [0.29, 0.717) is 0 Å². The number of hydrogen-bond donors (Lipinski definition) is 1. The summed E-state index contributed by atoms with van der Waals surface area (Å²) < 4.78 is 0. The molecule has 0 amide bonds. The van der Waals surface area contributed by atoms with Gasteiger partial charge in [0.15, 0.2) is 5.60 Å². The summed E-state index contributed by atoms with van der Waals surface area (Å²) in [5, 5.41) is 11.3. The first-order valence-electron chi connectivity index (χ1n) is 7.53. The largest absolute Gasteiger partial charge is 0.373 e. The Balaban J connectivity index is 2.40. The summed E-state index contributed by atoms with van der Waals surface area (Å²) in [6, 6.07) is 19.5. The zero-order chi connectivity index (χ0) is 16.0. The molecule has 2 heteroatoms. The Hall–Kier alpha value is -2.08. The average Bonchev–Trinajstić information content (AvgIpc) is 2.53. The molecule has 22 heavy (non-hydrogen) atoms. The molecule has 0 spiro atoms. The smallest absolute Gasteiger partial charge is 0.155 e. The van der Waals surface area contributed by atoms with Crippen LogP contribution in [0.2, 0.25) is 0 Å². The molecule has 0 radical (unpaired) electrons. The average molecular weight is 293 g/mol. The third-order valence-corrected chi connectivity index (χ3v) is 3.74. The summed E-state index contributed by atoms with van der Waals surface area (Å²) in [7, 11) is 4.01. The van der Waals surface area contributed by atoms with Gasteiger partial charge >= 0.3 is 0 Å². The Bertz CT molecular complexity index is 640. The highest BCUT2D eigenvalue weighted by atomic mass is 16.3. The van der Waals surface area contributed by atoms with Gasteiger partial charge in [-0.3, -0.25) is 0 Å². The molecule has 2 aromatic carbocycles. The predicted molar refractivity (Wildman–Crippen MR) is 91.4 cm³/mol. The van der Waals surface area contributed by atoms with Crippen LogP contribution < -0.4 is 0 Å². The lowest BCUT2D eigenvalue weighted by Crippen LogP contribution is -2.38. The van der Waals surface area contributed by atoms with Crippen molar-refractivity contribution in [1.82, 2.24) is 4.90 Å². The van der Waals surface area contributed by atoms with E-state index >= 15 is 0 Å². The highest BCUT2D eigenvalue weighted by Crippen LogP contribution is 2.29. The van der Waals surface area contributed by atoms with Crippen molar-refractivity contribution < 1.29 is 5.11 Å². The Kier molecular flexibility index (Phi) is 5.38. The third kappa shape index (κ3) is 3.98. The number of hydrogen-bond acceptors (Lipinski definition) is 2. The maximum Gasteiger partial charge on any atom is 0.155 e. The van der Waals surface area contributed by atoms with Gasteiger partial charge in [-0.1, -0.05) is 67.3 Å². The van der Waals surface area contributed by atoms with Gasteiger partial charge in [0, 0.05) is 18.0 Å². The van der Waals surface area contributed by atoms with Gasteiger partial charge in [0.2, 0.25) is 0 Å². The van der Waals surface area contributed by atoms with Crippen LogP contribution in [0.1, 0.15) is 18.1 Å². The molecule has 2 atom stereocenters. The summed E-state index contributed by atoms with van der Waals surface area (Å²) in [6.45, 7) is 2.79. The first-order valence-corrected chi connectivity index (χ1v) is 7.53. The van der Waals surface area contributed by atoms with Gasteiger partial charge in [-0.05, 0) is 31.8 Å². The van der Waals surface area contributed by atoms with Crippen LogP contribution in [0, 0.1) is 17.8 Å². The van der Waals surface area contributed by atoms with Crippen molar-refractivity contribution >= 4 is 0 Å². The second-order valence-electron chi connectivity index (χ2n) is 5.91. The minimum atomic E-state index is -1.17. The summed E-state index contributed by atoms with van der Waals surface area (Å²) in [6.07, 6.45) is 0. The van der Waals surface area contributed by atoms with Gasteiger partial charge in [0.05, 0.1) is 0 Å². The molecule has 2 rings (SSSR count). The van der Waals surface area contributed by atoms with Crippen molar-refractivity contribution in [1.29, 1.82) is 0 Å². The summed E-state index contributed by atoms with van der Waals surface area (Å²) in [5.74, 6) is 6.22. The van der Waals surface area contributed by atoms with Crippen LogP contribution in [0.3, 0.4) is 0 Å². The topological polar surface area (TPSA) is 23.5 Å². The second kappa shape index (κ2) is 7.26. The Morgan fingerprint density at radius 1 is 1.00 bits per heavy atom. The van der Waals surface area contributed by atoms with Crippen LogP contribution in [0.4, 0.5) is 0 Å². The van der Waals surface area contributed by atoms with Crippen molar-refractivity contribution in [2.75, 3.05) is 20.6 Å². The number of aliphatic hydroxyl groups is 1. The van der Waals surface area contributed by atoms with Gasteiger partial charge in [0.25, 0.3) is 0 Å². The lowest BCUT2D eigenvalue weighted by atomic mass is 9.82. The fraction of sp³-hybridized carbons (Fsp3) is 0.300. The van der Waals surface area contributed by atoms with E-state index in [-0.39, 0.29) is 5.92 Å². The van der Waals surface area contributed by atoms with Crippen LogP contribution in [0.25, 0.3) is 0 Å². The first kappa shape index (κ1) is 16.3. The van der Waals surface area contributed by atoms with E-state index in [9.17, 15) is 5.11 Å². The maximum absolute atomic E-state index is 11.3. The maximum atomic E-state index is 11.3. The molecular formula is C20H23NO. The molecule has 0 aromatic heterocycles. The number of rotatable bonds is 4. The van der Waals surface area contributed by atoms with Gasteiger partial charge in [-0.15, -0.1) is 0 Å². The van der Waals surface area contributed by atoms with Crippen LogP contribution >= 0.6 is 0 Å². The van der Waals surface area contributed by atoms with Crippen molar-refractivity contribution in [3.05, 3.63) is 71.8 Å². The summed E-state index contributed by atoms with van der Waals surface area (Å²) in [5.41, 5.74) is 0.586. The molecule has 2 nitrogen and oxygen atoms in total. The lowest BCUT2D eigenvalue weighted by Gasteiger charge is -2.31. The van der Waals surface area contributed by atoms with Gasteiger partial charge < -0.3 is 10.0 Å². The molecular weight excluding hydrogens is 270 g/mol. The lowest BCUT2D eigenvalue weighted by molar-refractivity contribution is 0.0305. The third-order valence-electron chi connectivity index (χ3n) is 3.74. The summed E-state index contributed by atoms with van der Waals surface area (Å²) >= 11 is 0. The zero-order valence-electron chi connectivity index (χ0n) is 13.5. The highest BCUT2D eigenvalue weighted by molar-refractivity contribution is 5.40. The van der Waals surface area contributed by atoms with Crippen LogP contribution in [0.5, 0.6) is 0 Å². The molecule has 0 heterocycles. The van der Waals surface area contributed by atoms with Gasteiger partial charge in [0.1, 0.15) is 0 Å². The fourth-order valence-corrected chi connectivity index (χ4v) is 2.54. The minimum absolute atomic E-state index is 0.0129. The van der Waals surface area contributed by atoms with Gasteiger partial charge in [-0.2, -0.15) is 0 Å². The Labute approximate surface area is 133 Å². The second-order valence-corrected chi connectivity index (χ2v) is 5.91. The van der Waals surface area contributed by atoms with Crippen LogP contribution in [0.15, 0.2) is 60.7 Å². The van der Waals surface area contributed by atoms with Gasteiger partial charge in [-0.25, -0.2) is 0 Å². The van der Waals surface area contributed by atoms with Crippen molar-refractivity contribution in [3.8, 4) is 11.8 Å². The van der Waals surface area contributed by atoms with Crippen LogP contribution in [-0.2, 0) is 5.60 Å². The molecule has 0 unspecified atom stereocenters. The molecule has 0 aliphatic carbocycles. The van der Waals surface area contributed by atoms with E-state index < -0.39 is 5.60 Å². The molecule has 0 saturated carbocycles. The standard InChI is InChI=1S/C20H23NO/c1-17(16-21(2)3)20(22,19-12-8-5-9-13-19)15-14-18-10-6-4-7-11-18/h4-13,17,22H,16H2,1-3H3/t17-,20-/m1/s1. The monoisotopic (exact) mass is 293 g/mol. The number of benzene rings is 2. The minimum Gasteiger partial charge on any atom is -0.373 e. The van der Waals surface area contributed by atoms with E-state index in [1.807, 2.05) is 81.7 Å². The predicted octanol–water partition coefficient (Wildman–Crippen LogP) is 3.12. The fourth-order valence-electron chi connectivity index (χ4n) is 2.54. The normalized spacial score (nSPS) is 14.8. The SMILES string of the molecule is C[C@H](CN(C)C)[C@](O)(C#Cc1ccccc1)c1ccccc1. The van der Waals surface area contributed by atoms with Crippen molar-refractivity contribution in [2.24, 2.45) is 5.92 Å². The van der Waals surface area contributed by atoms with Crippen molar-refractivity contribution in [2.45, 2.75) is 12.5 Å². The quantitative estimate of drug-likeness (QED) is 0.876. The van der Waals surface area contributed by atoms with E-state index in [4.69, 9.17) is 0 Å². The zero-order valence-corrected chi connectivity index (χ0v) is 13.5. The molecule has 0 aliphatic heterocycles.